The summed E-state index contributed by atoms with van der Waals surface area (Å²) in [6, 6.07) is 17.4. The van der Waals surface area contributed by atoms with Crippen LogP contribution in [-0.2, 0) is 4.79 Å². The van der Waals surface area contributed by atoms with Crippen LogP contribution in [0.2, 0.25) is 0 Å². The smallest absolute Gasteiger partial charge is 0.321 e. The molecule has 0 fully saturated rings. The van der Waals surface area contributed by atoms with Gasteiger partial charge in [-0.05, 0) is 13.8 Å². The number of carbonyl (C=O) groups excluding carboxylic acids is 2. The molecule has 5 heteroatoms. The molecule has 126 valence electrons. The highest BCUT2D eigenvalue weighted by atomic mass is 16.2. The van der Waals surface area contributed by atoms with Gasteiger partial charge in [0.15, 0.2) is 6.04 Å². The molecule has 2 rings (SSSR count). The molecule has 5 nitrogen and oxygen atoms in total. The average Bonchev–Trinajstić information content (AvgIpc) is 2.61. The van der Waals surface area contributed by atoms with Gasteiger partial charge in [-0.15, -0.1) is 0 Å². The molecule has 2 aromatic rings. The number of hydrogen-bond donors (Lipinski definition) is 3. The van der Waals surface area contributed by atoms with Crippen molar-refractivity contribution < 1.29 is 14.9 Å². The van der Waals surface area contributed by atoms with Gasteiger partial charge >= 0.3 is 6.03 Å². The van der Waals surface area contributed by atoms with Crippen molar-refractivity contribution in [3.05, 3.63) is 71.3 Å². The second-order valence-electron chi connectivity index (χ2n) is 5.85. The first kappa shape index (κ1) is 17.7. The summed E-state index contributed by atoms with van der Waals surface area (Å²) in [6.07, 6.45) is 0. The van der Waals surface area contributed by atoms with Crippen LogP contribution in [0.1, 0.15) is 29.7 Å². The monoisotopic (exact) mass is 326 g/mol. The average molecular weight is 326 g/mol. The van der Waals surface area contributed by atoms with Crippen LogP contribution >= 0.6 is 0 Å². The molecule has 0 saturated carbocycles. The Morgan fingerprint density at radius 2 is 1.54 bits per heavy atom. The maximum Gasteiger partial charge on any atom is 0.321 e. The summed E-state index contributed by atoms with van der Waals surface area (Å²) in [5.41, 5.74) is 3.42. The number of quaternary nitrogens is 1. The molecule has 0 heterocycles. The van der Waals surface area contributed by atoms with Crippen LogP contribution in [0.3, 0.4) is 0 Å². The zero-order chi connectivity index (χ0) is 17.5. The quantitative estimate of drug-likeness (QED) is 0.779. The first-order valence-electron chi connectivity index (χ1n) is 8.00. The lowest BCUT2D eigenvalue weighted by Gasteiger charge is -2.20. The Kier molecular flexibility index (Phi) is 6.09. The molecule has 0 unspecified atom stereocenters. The van der Waals surface area contributed by atoms with E-state index < -0.39 is 12.1 Å². The van der Waals surface area contributed by atoms with Crippen LogP contribution in [0, 0.1) is 6.92 Å². The van der Waals surface area contributed by atoms with Crippen molar-refractivity contribution in [1.82, 2.24) is 10.6 Å². The number of nitrogens with two attached hydrogens (primary N) is 1. The van der Waals surface area contributed by atoms with Gasteiger partial charge in [-0.25, -0.2) is 4.79 Å². The second kappa shape index (κ2) is 8.26. The van der Waals surface area contributed by atoms with E-state index in [2.05, 4.69) is 34.9 Å². The molecule has 0 aliphatic heterocycles. The van der Waals surface area contributed by atoms with Crippen LogP contribution in [0.5, 0.6) is 0 Å². The van der Waals surface area contributed by atoms with Gasteiger partial charge in [0.2, 0.25) is 0 Å². The molecule has 0 radical (unpaired) electrons. The number of rotatable bonds is 5. The fourth-order valence-corrected chi connectivity index (χ4v) is 2.51. The van der Waals surface area contributed by atoms with Crippen LogP contribution in [-0.4, -0.2) is 25.0 Å². The minimum Gasteiger partial charge on any atom is -0.341 e. The summed E-state index contributed by atoms with van der Waals surface area (Å²) >= 11 is 0. The lowest BCUT2D eigenvalue weighted by atomic mass is 9.97. The number of hydrogen-bond acceptors (Lipinski definition) is 2. The van der Waals surface area contributed by atoms with E-state index in [1.54, 1.807) is 6.92 Å². The van der Waals surface area contributed by atoms with Gasteiger partial charge in [-0.2, -0.15) is 0 Å². The highest BCUT2D eigenvalue weighted by Crippen LogP contribution is 2.18. The zero-order valence-corrected chi connectivity index (χ0v) is 14.2. The fourth-order valence-electron chi connectivity index (χ4n) is 2.51. The van der Waals surface area contributed by atoms with Crippen molar-refractivity contribution in [2.24, 2.45) is 0 Å². The van der Waals surface area contributed by atoms with E-state index in [1.807, 2.05) is 42.6 Å². The van der Waals surface area contributed by atoms with Gasteiger partial charge in [-0.1, -0.05) is 60.2 Å². The van der Waals surface area contributed by atoms with Crippen molar-refractivity contribution in [2.45, 2.75) is 25.9 Å². The predicted octanol–water partition coefficient (Wildman–Crippen LogP) is 1.49. The summed E-state index contributed by atoms with van der Waals surface area (Å²) < 4.78 is 0. The minimum atomic E-state index is -0.494. The van der Waals surface area contributed by atoms with Crippen LogP contribution in [0.15, 0.2) is 54.6 Å². The van der Waals surface area contributed by atoms with E-state index in [0.29, 0.717) is 0 Å². The van der Waals surface area contributed by atoms with E-state index >= 15 is 0 Å². The fraction of sp³-hybridized carbons (Fsp3) is 0.263. The molecule has 24 heavy (non-hydrogen) atoms. The molecule has 0 aliphatic carbocycles. The van der Waals surface area contributed by atoms with E-state index in [4.69, 9.17) is 0 Å². The van der Waals surface area contributed by atoms with E-state index in [-0.39, 0.29) is 11.9 Å². The SMILES string of the molecule is CNC(=O)NC(=O)[C@H](C)[NH2+][C@@H](c1ccccc1)c1ccc(C)cc1. The third kappa shape index (κ3) is 4.67. The Bertz CT molecular complexity index is 684. The molecule has 0 bridgehead atoms. The maximum atomic E-state index is 12.2. The minimum absolute atomic E-state index is 0.0164. The Balaban J connectivity index is 2.22. The van der Waals surface area contributed by atoms with Gasteiger partial charge in [0.05, 0.1) is 0 Å². The predicted molar refractivity (Wildman–Crippen MR) is 93.4 cm³/mol. The van der Waals surface area contributed by atoms with Crippen molar-refractivity contribution in [3.8, 4) is 0 Å². The lowest BCUT2D eigenvalue weighted by molar-refractivity contribution is -0.704. The Hall–Kier alpha value is -2.66. The van der Waals surface area contributed by atoms with Gasteiger partial charge in [0, 0.05) is 18.2 Å². The summed E-state index contributed by atoms with van der Waals surface area (Å²) in [5.74, 6) is -0.317. The molecule has 2 atom stereocenters. The number of nitrogens with one attached hydrogen (secondary N) is 2. The van der Waals surface area contributed by atoms with Gasteiger partial charge < -0.3 is 10.6 Å². The molecular weight excluding hydrogens is 302 g/mol. The maximum absolute atomic E-state index is 12.2. The Morgan fingerprint density at radius 1 is 0.958 bits per heavy atom. The van der Waals surface area contributed by atoms with E-state index in [1.165, 1.54) is 12.6 Å². The number of imide groups is 1. The first-order chi connectivity index (χ1) is 11.5. The van der Waals surface area contributed by atoms with Crippen molar-refractivity contribution in [2.75, 3.05) is 7.05 Å². The normalized spacial score (nSPS) is 13.0. The summed E-state index contributed by atoms with van der Waals surface area (Å²) in [4.78, 5) is 23.5. The third-order valence-corrected chi connectivity index (χ3v) is 3.95. The van der Waals surface area contributed by atoms with Crippen molar-refractivity contribution in [3.63, 3.8) is 0 Å². The molecule has 3 amide bonds. The third-order valence-electron chi connectivity index (χ3n) is 3.95. The number of benzene rings is 2. The molecule has 0 aromatic heterocycles. The number of amides is 3. The Labute approximate surface area is 142 Å². The molecule has 4 N–H and O–H groups in total. The summed E-state index contributed by atoms with van der Waals surface area (Å²) in [6.45, 7) is 3.84. The topological polar surface area (TPSA) is 74.8 Å². The van der Waals surface area contributed by atoms with Gasteiger partial charge in [0.25, 0.3) is 5.91 Å². The standard InChI is InChI=1S/C19H23N3O2/c1-13-9-11-16(12-10-13)17(15-7-5-4-6-8-15)21-14(2)18(23)22-19(24)20-3/h4-12,14,17,21H,1-3H3,(H2,20,22,23,24)/p+1/t14-,17-/m0/s1. The summed E-state index contributed by atoms with van der Waals surface area (Å²) in [7, 11) is 1.48. The zero-order valence-electron chi connectivity index (χ0n) is 14.2. The highest BCUT2D eigenvalue weighted by molar-refractivity contribution is 5.95. The largest absolute Gasteiger partial charge is 0.341 e. The number of aryl methyl sites for hydroxylation is 1. The molecule has 0 aliphatic rings. The van der Waals surface area contributed by atoms with Crippen LogP contribution in [0.25, 0.3) is 0 Å². The van der Waals surface area contributed by atoms with E-state index in [0.717, 1.165) is 11.1 Å². The first-order valence-corrected chi connectivity index (χ1v) is 8.00. The van der Waals surface area contributed by atoms with Crippen molar-refractivity contribution >= 4 is 11.9 Å². The van der Waals surface area contributed by atoms with Crippen LogP contribution in [0.4, 0.5) is 4.79 Å². The van der Waals surface area contributed by atoms with Crippen molar-refractivity contribution in [1.29, 1.82) is 0 Å². The van der Waals surface area contributed by atoms with Gasteiger partial charge in [-0.3, -0.25) is 10.1 Å². The summed E-state index contributed by atoms with van der Waals surface area (Å²) in [5, 5.41) is 6.69. The highest BCUT2D eigenvalue weighted by Gasteiger charge is 2.25. The van der Waals surface area contributed by atoms with Crippen LogP contribution < -0.4 is 16.0 Å². The molecule has 2 aromatic carbocycles. The molecular formula is C19H24N3O2+. The molecule has 0 saturated heterocycles. The Morgan fingerprint density at radius 3 is 2.12 bits per heavy atom. The second-order valence-corrected chi connectivity index (χ2v) is 5.85. The van der Waals surface area contributed by atoms with Gasteiger partial charge in [0.1, 0.15) is 6.04 Å². The van der Waals surface area contributed by atoms with E-state index in [9.17, 15) is 9.59 Å². The number of carbonyl (C=O) groups is 2. The molecule has 0 spiro atoms. The lowest BCUT2D eigenvalue weighted by Crippen LogP contribution is -2.93. The number of urea groups is 1.